The summed E-state index contributed by atoms with van der Waals surface area (Å²) in [4.78, 5) is 75.2. The first-order valence-corrected chi connectivity index (χ1v) is 20.2. The van der Waals surface area contributed by atoms with Crippen LogP contribution in [-0.4, -0.2) is 98.7 Å². The second kappa shape index (κ2) is 15.2. The molecule has 0 saturated carbocycles. The van der Waals surface area contributed by atoms with Crippen molar-refractivity contribution in [2.75, 3.05) is 49.1 Å². The molecule has 284 valence electrons. The van der Waals surface area contributed by atoms with E-state index in [1.807, 2.05) is 41.3 Å². The minimum Gasteiger partial charge on any atom is -0.370 e. The summed E-state index contributed by atoms with van der Waals surface area (Å²) in [6.07, 6.45) is 3.01. The number of nitriles is 1. The molecule has 5 aliphatic rings. The maximum Gasteiger partial charge on any atom is 0.262 e. The number of rotatable bonds is 6. The van der Waals surface area contributed by atoms with Gasteiger partial charge in [0.25, 0.3) is 23.6 Å². The van der Waals surface area contributed by atoms with Gasteiger partial charge in [-0.15, -0.1) is 0 Å². The lowest BCUT2D eigenvalue weighted by molar-refractivity contribution is -0.142. The molecule has 55 heavy (non-hydrogen) atoms. The summed E-state index contributed by atoms with van der Waals surface area (Å²) < 4.78 is 0.981. The molecule has 1 unspecified atom stereocenters. The highest BCUT2D eigenvalue weighted by atomic mass is 127. The van der Waals surface area contributed by atoms with Gasteiger partial charge in [0.1, 0.15) is 12.1 Å². The molecule has 3 saturated heterocycles. The molecule has 0 bridgehead atoms. The van der Waals surface area contributed by atoms with Crippen molar-refractivity contribution in [3.8, 4) is 6.07 Å². The highest BCUT2D eigenvalue weighted by molar-refractivity contribution is 14.1. The Morgan fingerprint density at radius 3 is 2.13 bits per heavy atom. The minimum atomic E-state index is -0.963. The molecule has 3 fully saturated rings. The topological polar surface area (TPSA) is 129 Å². The number of hydrogen-bond acceptors (Lipinski definition) is 9. The van der Waals surface area contributed by atoms with Crippen LogP contribution in [0.4, 0.5) is 11.4 Å². The van der Waals surface area contributed by atoms with Crippen LogP contribution >= 0.6 is 34.5 Å². The number of piperidine rings is 2. The molecule has 0 aliphatic carbocycles. The molecular formula is C41H41ClIN7O5. The van der Waals surface area contributed by atoms with E-state index in [4.69, 9.17) is 11.6 Å². The molecule has 0 aromatic heterocycles. The van der Waals surface area contributed by atoms with Crippen LogP contribution < -0.4 is 9.80 Å². The maximum absolute atomic E-state index is 13.6. The molecule has 0 spiro atoms. The van der Waals surface area contributed by atoms with Crippen molar-refractivity contribution in [3.63, 3.8) is 0 Å². The van der Waals surface area contributed by atoms with Crippen molar-refractivity contribution in [3.05, 3.63) is 93.0 Å². The number of imide groups is 2. The number of likely N-dealkylation sites (tertiary alicyclic amines) is 1. The number of fused-ring (bicyclic) bond motifs is 2. The van der Waals surface area contributed by atoms with Crippen LogP contribution in [0, 0.1) is 17.2 Å². The monoisotopic (exact) mass is 873 g/mol. The normalized spacial score (nSPS) is 22.3. The van der Waals surface area contributed by atoms with Crippen molar-refractivity contribution < 1.29 is 24.0 Å². The minimum absolute atomic E-state index is 0.0533. The van der Waals surface area contributed by atoms with Gasteiger partial charge in [-0.2, -0.15) is 5.26 Å². The van der Waals surface area contributed by atoms with E-state index in [-0.39, 0.29) is 24.7 Å². The predicted octanol–water partition coefficient (Wildman–Crippen LogP) is 5.65. The van der Waals surface area contributed by atoms with Gasteiger partial charge >= 0.3 is 0 Å². The van der Waals surface area contributed by atoms with E-state index in [2.05, 4.69) is 39.8 Å². The average molecular weight is 874 g/mol. The van der Waals surface area contributed by atoms with Gasteiger partial charge in [-0.1, -0.05) is 11.6 Å². The largest absolute Gasteiger partial charge is 0.370 e. The Balaban J connectivity index is 0.826. The van der Waals surface area contributed by atoms with Crippen molar-refractivity contribution >= 4 is 75.4 Å². The first kappa shape index (κ1) is 37.4. The Labute approximate surface area is 339 Å². The molecule has 5 heterocycles. The van der Waals surface area contributed by atoms with Crippen molar-refractivity contribution in [2.24, 2.45) is 5.92 Å². The lowest BCUT2D eigenvalue weighted by Gasteiger charge is -2.34. The first-order chi connectivity index (χ1) is 26.5. The molecule has 5 amide bonds. The molecule has 5 aliphatic heterocycles. The van der Waals surface area contributed by atoms with Gasteiger partial charge in [0.05, 0.1) is 44.6 Å². The molecule has 14 heteroatoms. The third-order valence-corrected chi connectivity index (χ3v) is 13.3. The van der Waals surface area contributed by atoms with Crippen LogP contribution in [-0.2, 0) is 22.7 Å². The molecule has 8 rings (SSSR count). The van der Waals surface area contributed by atoms with E-state index in [9.17, 15) is 29.2 Å². The maximum atomic E-state index is 13.6. The summed E-state index contributed by atoms with van der Waals surface area (Å²) >= 11 is 7.99. The fourth-order valence-corrected chi connectivity index (χ4v) is 9.55. The zero-order valence-electron chi connectivity index (χ0n) is 30.5. The SMILES string of the molecule is C[C@H]1CCN(c2ccc(C(=O)N3CCC(CN4Cc5cc6c(cc5C4)C(=O)N(C4CCC(=O)N(I)C4=O)C6=O)CC3)cc2)CCN1c1ccc(C#N)c(Cl)c1. The van der Waals surface area contributed by atoms with E-state index in [0.29, 0.717) is 65.4 Å². The van der Waals surface area contributed by atoms with Crippen LogP contribution in [0.1, 0.15) is 86.8 Å². The van der Waals surface area contributed by atoms with Crippen LogP contribution in [0.5, 0.6) is 0 Å². The quantitative estimate of drug-likeness (QED) is 0.176. The third-order valence-electron chi connectivity index (χ3n) is 11.9. The van der Waals surface area contributed by atoms with Gasteiger partial charge in [0.2, 0.25) is 5.91 Å². The van der Waals surface area contributed by atoms with Crippen LogP contribution in [0.2, 0.25) is 5.02 Å². The lowest BCUT2D eigenvalue weighted by atomic mass is 9.95. The van der Waals surface area contributed by atoms with Crippen molar-refractivity contribution in [1.82, 2.24) is 17.8 Å². The summed E-state index contributed by atoms with van der Waals surface area (Å²) in [5.74, 6) is -1.32. The van der Waals surface area contributed by atoms with Crippen LogP contribution in [0.3, 0.4) is 0 Å². The first-order valence-electron chi connectivity index (χ1n) is 18.9. The molecule has 2 atom stereocenters. The summed E-state index contributed by atoms with van der Waals surface area (Å²) in [6.45, 7) is 8.34. The summed E-state index contributed by atoms with van der Waals surface area (Å²) in [5.41, 5.74) is 5.96. The van der Waals surface area contributed by atoms with Crippen LogP contribution in [0.25, 0.3) is 0 Å². The Morgan fingerprint density at radius 1 is 0.836 bits per heavy atom. The predicted molar refractivity (Wildman–Crippen MR) is 215 cm³/mol. The molecule has 3 aromatic carbocycles. The lowest BCUT2D eigenvalue weighted by Crippen LogP contribution is -2.53. The Bertz CT molecular complexity index is 2090. The number of benzene rings is 3. The third kappa shape index (κ3) is 7.08. The van der Waals surface area contributed by atoms with E-state index < -0.39 is 23.8 Å². The van der Waals surface area contributed by atoms with Gasteiger partial charge in [-0.3, -0.25) is 33.8 Å². The number of anilines is 2. The smallest absolute Gasteiger partial charge is 0.262 e. The zero-order valence-corrected chi connectivity index (χ0v) is 33.5. The van der Waals surface area contributed by atoms with E-state index in [1.54, 1.807) is 28.9 Å². The second-order valence-corrected chi connectivity index (χ2v) is 16.6. The fraction of sp³-hybridized carbons (Fsp3) is 0.415. The number of amides is 5. The van der Waals surface area contributed by atoms with Gasteiger partial charge < -0.3 is 14.7 Å². The van der Waals surface area contributed by atoms with Gasteiger partial charge in [0.15, 0.2) is 0 Å². The standard InChI is InChI=1S/C41H41ClIN7O5/c1-25-10-13-46(16-17-48(25)32-7-4-28(21-44)35(42)20-32)31-5-2-27(3-6-31)38(52)47-14-11-26(12-15-47)22-45-23-29-18-33-34(19-30(29)24-45)40(54)49(39(33)53)36-8-9-37(51)50(43)41(36)55/h2-7,18-20,25-26,36H,8-17,22-24H2,1H3/t25-,36?/m0/s1. The zero-order chi connectivity index (χ0) is 38.5. The van der Waals surface area contributed by atoms with Gasteiger partial charge in [-0.05, 0) is 104 Å². The Kier molecular flexibility index (Phi) is 10.3. The molecule has 12 nitrogen and oxygen atoms in total. The highest BCUT2D eigenvalue weighted by Gasteiger charge is 2.47. The number of nitrogens with zero attached hydrogens (tertiary/aromatic N) is 7. The summed E-state index contributed by atoms with van der Waals surface area (Å²) in [7, 11) is 0. The van der Waals surface area contributed by atoms with Crippen molar-refractivity contribution in [1.29, 1.82) is 5.26 Å². The van der Waals surface area contributed by atoms with Crippen LogP contribution in [0.15, 0.2) is 54.6 Å². The Morgan fingerprint density at radius 2 is 1.49 bits per heavy atom. The fourth-order valence-electron chi connectivity index (χ4n) is 8.77. The number of carbonyl (C=O) groups is 5. The highest BCUT2D eigenvalue weighted by Crippen LogP contribution is 2.36. The molecule has 0 radical (unpaired) electrons. The number of hydrogen-bond donors (Lipinski definition) is 0. The second-order valence-electron chi connectivity index (χ2n) is 15.3. The van der Waals surface area contributed by atoms with E-state index >= 15 is 0 Å². The van der Waals surface area contributed by atoms with E-state index in [1.165, 1.54) is 0 Å². The van der Waals surface area contributed by atoms with E-state index in [0.717, 1.165) is 76.0 Å². The summed E-state index contributed by atoms with van der Waals surface area (Å²) in [6, 6.07) is 18.7. The van der Waals surface area contributed by atoms with Gasteiger partial charge in [-0.25, -0.2) is 3.11 Å². The Hall–Kier alpha value is -4.52. The van der Waals surface area contributed by atoms with Crippen molar-refractivity contribution in [2.45, 2.75) is 64.2 Å². The molecular weight excluding hydrogens is 833 g/mol. The number of halogens is 2. The molecule has 0 N–H and O–H groups in total. The summed E-state index contributed by atoms with van der Waals surface area (Å²) in [5, 5.41) is 9.73. The van der Waals surface area contributed by atoms with Gasteiger partial charge in [0, 0.05) is 81.8 Å². The number of carbonyl (C=O) groups excluding carboxylic acids is 5. The average Bonchev–Trinajstić information content (AvgIpc) is 3.61. The molecule has 3 aromatic rings.